The minimum atomic E-state index is -0.220. The van der Waals surface area contributed by atoms with Gasteiger partial charge in [-0.05, 0) is 37.4 Å². The molecule has 1 amide bonds. The van der Waals surface area contributed by atoms with Gasteiger partial charge in [0.15, 0.2) is 5.82 Å². The van der Waals surface area contributed by atoms with Gasteiger partial charge in [-0.3, -0.25) is 9.78 Å². The van der Waals surface area contributed by atoms with Crippen LogP contribution < -0.4 is 5.32 Å². The molecule has 5 nitrogen and oxygen atoms in total. The number of aromatic nitrogens is 3. The van der Waals surface area contributed by atoms with Gasteiger partial charge < -0.3 is 5.32 Å². The first-order chi connectivity index (χ1) is 11.6. The third kappa shape index (κ3) is 3.44. The smallest absolute Gasteiger partial charge is 0.263 e. The number of nitrogens with zero attached hydrogens (tertiary/aromatic N) is 3. The van der Waals surface area contributed by atoms with Crippen LogP contribution in [0.25, 0.3) is 11.4 Å². The fourth-order valence-electron chi connectivity index (χ4n) is 2.34. The number of aryl methyl sites for hydroxylation is 1. The van der Waals surface area contributed by atoms with Crippen molar-refractivity contribution in [1.29, 1.82) is 0 Å². The van der Waals surface area contributed by atoms with Gasteiger partial charge in [0.05, 0.1) is 11.1 Å². The lowest BCUT2D eigenvalue weighted by Crippen LogP contribution is -2.27. The van der Waals surface area contributed by atoms with E-state index >= 15 is 0 Å². The Balaban J connectivity index is 1.79. The third-order valence-corrected chi connectivity index (χ3v) is 4.93. The summed E-state index contributed by atoms with van der Waals surface area (Å²) in [5.74, 6) is 0.443. The first-order valence-electron chi connectivity index (χ1n) is 7.34. The highest BCUT2D eigenvalue weighted by Gasteiger charge is 2.17. The Kier molecular flexibility index (Phi) is 4.87. The van der Waals surface area contributed by atoms with Gasteiger partial charge >= 0.3 is 0 Å². The molecule has 3 heterocycles. The Labute approximate surface area is 148 Å². The van der Waals surface area contributed by atoms with Crippen LogP contribution in [0.2, 0.25) is 5.02 Å². The zero-order chi connectivity index (χ0) is 17.1. The number of nitrogens with one attached hydrogen (secondary N) is 1. The molecule has 0 saturated heterocycles. The molecule has 7 heteroatoms. The van der Waals surface area contributed by atoms with Gasteiger partial charge in [-0.2, -0.15) is 0 Å². The van der Waals surface area contributed by atoms with Crippen molar-refractivity contribution >= 4 is 28.8 Å². The minimum Gasteiger partial charge on any atom is -0.345 e. The number of halogens is 1. The molecule has 0 spiro atoms. The number of amides is 1. The maximum Gasteiger partial charge on any atom is 0.263 e. The molecule has 0 radical (unpaired) electrons. The van der Waals surface area contributed by atoms with Crippen LogP contribution in [0, 0.1) is 6.92 Å². The monoisotopic (exact) mass is 358 g/mol. The average molecular weight is 359 g/mol. The lowest BCUT2D eigenvalue weighted by atomic mass is 10.1. The molecule has 0 bridgehead atoms. The van der Waals surface area contributed by atoms with Crippen molar-refractivity contribution in [2.45, 2.75) is 19.9 Å². The van der Waals surface area contributed by atoms with E-state index in [9.17, 15) is 4.79 Å². The molecule has 1 atom stereocenters. The number of carbonyl (C=O) groups is 1. The maximum absolute atomic E-state index is 12.3. The van der Waals surface area contributed by atoms with Crippen molar-refractivity contribution in [2.24, 2.45) is 0 Å². The summed E-state index contributed by atoms with van der Waals surface area (Å²) in [5, 5.41) is 5.19. The Morgan fingerprint density at radius 3 is 2.67 bits per heavy atom. The summed E-state index contributed by atoms with van der Waals surface area (Å²) < 4.78 is 0. The van der Waals surface area contributed by atoms with Crippen molar-refractivity contribution < 1.29 is 4.79 Å². The number of rotatable bonds is 4. The normalized spacial score (nSPS) is 12.0. The number of pyridine rings is 1. The fourth-order valence-corrected chi connectivity index (χ4v) is 3.38. The predicted octanol–water partition coefficient (Wildman–Crippen LogP) is 4.05. The highest BCUT2D eigenvalue weighted by atomic mass is 35.5. The van der Waals surface area contributed by atoms with Crippen LogP contribution in [0.15, 0.2) is 42.2 Å². The standard InChI is InChI=1S/C17H15ClN4OS/c1-10-13(9-20-16(21-10)12-3-6-19-7-4-12)11(2)22-17(23)15-14(18)5-8-24-15/h3-9,11H,1-2H3,(H,22,23). The van der Waals surface area contributed by atoms with E-state index in [1.165, 1.54) is 11.3 Å². The molecule has 122 valence electrons. The first kappa shape index (κ1) is 16.5. The molecular weight excluding hydrogens is 344 g/mol. The van der Waals surface area contributed by atoms with E-state index in [1.54, 1.807) is 30.0 Å². The Bertz CT molecular complexity index is 866. The molecular formula is C17H15ClN4OS. The number of hydrogen-bond donors (Lipinski definition) is 1. The molecule has 1 N–H and O–H groups in total. The molecule has 3 rings (SSSR count). The average Bonchev–Trinajstić information content (AvgIpc) is 3.01. The van der Waals surface area contributed by atoms with Crippen molar-refractivity contribution in [1.82, 2.24) is 20.3 Å². The van der Waals surface area contributed by atoms with Crippen LogP contribution in [0.1, 0.15) is 33.9 Å². The number of carbonyl (C=O) groups excluding carboxylic acids is 1. The summed E-state index contributed by atoms with van der Waals surface area (Å²) in [4.78, 5) is 25.7. The summed E-state index contributed by atoms with van der Waals surface area (Å²) in [6, 6.07) is 5.21. The maximum atomic E-state index is 12.3. The molecule has 3 aromatic rings. The predicted molar refractivity (Wildman–Crippen MR) is 95.2 cm³/mol. The Hall–Kier alpha value is -2.31. The van der Waals surface area contributed by atoms with Gasteiger partial charge in [-0.15, -0.1) is 11.3 Å². The molecule has 0 saturated carbocycles. The molecule has 0 aromatic carbocycles. The van der Waals surface area contributed by atoms with Gasteiger partial charge in [-0.25, -0.2) is 9.97 Å². The second kappa shape index (κ2) is 7.07. The highest BCUT2D eigenvalue weighted by molar-refractivity contribution is 7.12. The third-order valence-electron chi connectivity index (χ3n) is 3.59. The molecule has 0 fully saturated rings. The molecule has 0 aliphatic heterocycles. The van der Waals surface area contributed by atoms with Gasteiger partial charge in [0.25, 0.3) is 5.91 Å². The van der Waals surface area contributed by atoms with Gasteiger partial charge in [0, 0.05) is 35.4 Å². The van der Waals surface area contributed by atoms with Gasteiger partial charge in [0.2, 0.25) is 0 Å². The zero-order valence-corrected chi connectivity index (χ0v) is 14.7. The van der Waals surface area contributed by atoms with E-state index in [-0.39, 0.29) is 11.9 Å². The molecule has 0 aliphatic carbocycles. The van der Waals surface area contributed by atoms with E-state index in [1.807, 2.05) is 26.0 Å². The molecule has 24 heavy (non-hydrogen) atoms. The van der Waals surface area contributed by atoms with Crippen LogP contribution >= 0.6 is 22.9 Å². The largest absolute Gasteiger partial charge is 0.345 e. The molecule has 0 aliphatic rings. The van der Waals surface area contributed by atoms with Crippen LogP contribution in [0.5, 0.6) is 0 Å². The second-order valence-electron chi connectivity index (χ2n) is 5.26. The molecule has 3 aromatic heterocycles. The first-order valence-corrected chi connectivity index (χ1v) is 8.60. The topological polar surface area (TPSA) is 67.8 Å². The van der Waals surface area contributed by atoms with Gasteiger partial charge in [0.1, 0.15) is 4.88 Å². The Morgan fingerprint density at radius 1 is 1.29 bits per heavy atom. The van der Waals surface area contributed by atoms with Crippen LogP contribution in [0.3, 0.4) is 0 Å². The lowest BCUT2D eigenvalue weighted by molar-refractivity contribution is 0.0944. The van der Waals surface area contributed by atoms with Crippen molar-refractivity contribution in [2.75, 3.05) is 0 Å². The van der Waals surface area contributed by atoms with Crippen molar-refractivity contribution in [3.63, 3.8) is 0 Å². The summed E-state index contributed by atoms with van der Waals surface area (Å²) in [6.45, 7) is 3.81. The summed E-state index contributed by atoms with van der Waals surface area (Å²) in [5.41, 5.74) is 2.59. The summed E-state index contributed by atoms with van der Waals surface area (Å²) >= 11 is 7.32. The van der Waals surface area contributed by atoms with Crippen LogP contribution in [-0.4, -0.2) is 20.9 Å². The highest BCUT2D eigenvalue weighted by Crippen LogP contribution is 2.24. The molecule has 1 unspecified atom stereocenters. The second-order valence-corrected chi connectivity index (χ2v) is 6.59. The Morgan fingerprint density at radius 2 is 2.04 bits per heavy atom. The summed E-state index contributed by atoms with van der Waals surface area (Å²) in [6.07, 6.45) is 5.16. The van der Waals surface area contributed by atoms with Crippen LogP contribution in [0.4, 0.5) is 0 Å². The van der Waals surface area contributed by atoms with E-state index in [4.69, 9.17) is 11.6 Å². The summed E-state index contributed by atoms with van der Waals surface area (Å²) in [7, 11) is 0. The lowest BCUT2D eigenvalue weighted by Gasteiger charge is -2.16. The van der Waals surface area contributed by atoms with E-state index in [0.717, 1.165) is 16.8 Å². The fraction of sp³-hybridized carbons (Fsp3) is 0.176. The van der Waals surface area contributed by atoms with Crippen molar-refractivity contribution in [3.05, 3.63) is 63.3 Å². The van der Waals surface area contributed by atoms with Gasteiger partial charge in [-0.1, -0.05) is 11.6 Å². The SMILES string of the molecule is Cc1nc(-c2ccncc2)ncc1C(C)NC(=O)c1sccc1Cl. The van der Waals surface area contributed by atoms with E-state index in [0.29, 0.717) is 15.7 Å². The number of thiophene rings is 1. The number of hydrogen-bond acceptors (Lipinski definition) is 5. The van der Waals surface area contributed by atoms with E-state index in [2.05, 4.69) is 20.3 Å². The van der Waals surface area contributed by atoms with E-state index < -0.39 is 0 Å². The van der Waals surface area contributed by atoms with Crippen molar-refractivity contribution in [3.8, 4) is 11.4 Å². The quantitative estimate of drug-likeness (QED) is 0.763. The zero-order valence-electron chi connectivity index (χ0n) is 13.2. The van der Waals surface area contributed by atoms with Crippen LogP contribution in [-0.2, 0) is 0 Å². The minimum absolute atomic E-state index is 0.194.